The molecule has 210 valence electrons. The molecule has 0 aliphatic carbocycles. The van der Waals surface area contributed by atoms with Crippen LogP contribution >= 0.6 is 0 Å². The number of hydrogen-bond acceptors (Lipinski definition) is 9. The van der Waals surface area contributed by atoms with Crippen LogP contribution in [0.15, 0.2) is 65.0 Å². The number of nitrogens with zero attached hydrogens (tertiary/aromatic N) is 1. The van der Waals surface area contributed by atoms with E-state index in [4.69, 9.17) is 18.9 Å². The van der Waals surface area contributed by atoms with E-state index in [0.29, 0.717) is 11.3 Å². The first-order chi connectivity index (χ1) is 18.5. The number of carbonyl (C=O) groups is 3. The maximum Gasteiger partial charge on any atom is 0.345 e. The van der Waals surface area contributed by atoms with Gasteiger partial charge in [0.1, 0.15) is 11.3 Å². The monoisotopic (exact) mass is 563 g/mol. The molecule has 10 nitrogen and oxygen atoms in total. The molecular weight excluding hydrogens is 533 g/mol. The lowest BCUT2D eigenvalue weighted by atomic mass is 9.77. The molecule has 1 aliphatic rings. The molecule has 0 N–H and O–H groups in total. The van der Waals surface area contributed by atoms with Crippen LogP contribution in [0.3, 0.4) is 0 Å². The molecule has 12 heteroatoms. The van der Waals surface area contributed by atoms with E-state index in [2.05, 4.69) is 0 Å². The summed E-state index contributed by atoms with van der Waals surface area (Å²) in [6, 6.07) is 11.0. The molecule has 1 aliphatic heterocycles. The molecule has 0 bridgehead atoms. The molecule has 0 aromatic heterocycles. The first-order valence-corrected chi connectivity index (χ1v) is 13.6. The van der Waals surface area contributed by atoms with Crippen molar-refractivity contribution in [1.82, 2.24) is 4.31 Å². The molecule has 39 heavy (non-hydrogen) atoms. The average molecular weight is 564 g/mol. The maximum atomic E-state index is 16.5. The number of halogens is 1. The van der Waals surface area contributed by atoms with Crippen LogP contribution in [-0.2, 0) is 38.6 Å². The smallest absolute Gasteiger partial charge is 0.345 e. The minimum absolute atomic E-state index is 0.00179. The van der Waals surface area contributed by atoms with Crippen LogP contribution in [0.2, 0.25) is 0 Å². The van der Waals surface area contributed by atoms with Gasteiger partial charge in [0.05, 0.1) is 37.7 Å². The van der Waals surface area contributed by atoms with Gasteiger partial charge < -0.3 is 18.9 Å². The highest BCUT2D eigenvalue weighted by Crippen LogP contribution is 2.53. The second-order valence-electron chi connectivity index (χ2n) is 8.42. The molecular formula is C27H30FNO9S. The second-order valence-corrected chi connectivity index (χ2v) is 10.2. The molecule has 1 atom stereocenters. The Kier molecular flexibility index (Phi) is 9.00. The third kappa shape index (κ3) is 5.08. The Bertz CT molecular complexity index is 1350. The van der Waals surface area contributed by atoms with Crippen LogP contribution < -0.4 is 4.74 Å². The zero-order chi connectivity index (χ0) is 29.0. The van der Waals surface area contributed by atoms with Crippen molar-refractivity contribution >= 4 is 27.9 Å². The zero-order valence-electron chi connectivity index (χ0n) is 22.2. The fourth-order valence-corrected chi connectivity index (χ4v) is 6.04. The van der Waals surface area contributed by atoms with Crippen LogP contribution in [0.4, 0.5) is 4.39 Å². The molecule has 1 unspecified atom stereocenters. The van der Waals surface area contributed by atoms with E-state index in [1.54, 1.807) is 6.92 Å². The van der Waals surface area contributed by atoms with E-state index in [9.17, 15) is 22.8 Å². The highest BCUT2D eigenvalue weighted by atomic mass is 32.2. The molecule has 0 saturated heterocycles. The average Bonchev–Trinajstić information content (AvgIpc) is 3.20. The summed E-state index contributed by atoms with van der Waals surface area (Å²) >= 11 is 0. The van der Waals surface area contributed by atoms with E-state index >= 15 is 4.39 Å². The standard InChI is InChI=1S/C27H30FNO9S/c1-6-36-24(30)21-22(18-11-13-19(35-5)14-12-18)27(25(31)37-7-2,26(32)38-8-3)29(23(21)28)39(33,34)20-15-9-17(4)10-16-20/h9-16,22H,6-8H2,1-5H3. The van der Waals surface area contributed by atoms with Gasteiger partial charge in [-0.05, 0) is 57.5 Å². The summed E-state index contributed by atoms with van der Waals surface area (Å²) in [6.07, 6.45) is 0. The van der Waals surface area contributed by atoms with Gasteiger partial charge in [0, 0.05) is 0 Å². The van der Waals surface area contributed by atoms with Gasteiger partial charge >= 0.3 is 17.9 Å². The fraction of sp³-hybridized carbons (Fsp3) is 0.370. The van der Waals surface area contributed by atoms with Gasteiger partial charge in [-0.25, -0.2) is 27.1 Å². The number of rotatable bonds is 10. The molecule has 2 aromatic rings. The minimum atomic E-state index is -5.01. The minimum Gasteiger partial charge on any atom is -0.497 e. The normalized spacial score (nSPS) is 16.6. The summed E-state index contributed by atoms with van der Waals surface area (Å²) < 4.78 is 65.3. The van der Waals surface area contributed by atoms with Crippen molar-refractivity contribution in [2.75, 3.05) is 26.9 Å². The first-order valence-electron chi connectivity index (χ1n) is 12.2. The number of hydrogen-bond donors (Lipinski definition) is 0. The largest absolute Gasteiger partial charge is 0.497 e. The SMILES string of the molecule is CCOC(=O)C1=C(F)N(S(=O)(=O)c2ccc(C)cc2)C(C(=O)OCC)(C(=O)OCC)C1c1ccc(OC)cc1. The van der Waals surface area contributed by atoms with Crippen LogP contribution in [0, 0.1) is 6.92 Å². The van der Waals surface area contributed by atoms with Gasteiger partial charge in [-0.1, -0.05) is 29.8 Å². The number of carbonyl (C=O) groups excluding carboxylic acids is 3. The van der Waals surface area contributed by atoms with Gasteiger partial charge in [-0.2, -0.15) is 4.39 Å². The first kappa shape index (κ1) is 29.6. The molecule has 3 rings (SSSR count). The van der Waals surface area contributed by atoms with E-state index in [0.717, 1.165) is 0 Å². The van der Waals surface area contributed by atoms with Crippen molar-refractivity contribution in [3.63, 3.8) is 0 Å². The zero-order valence-corrected chi connectivity index (χ0v) is 23.0. The third-order valence-corrected chi connectivity index (χ3v) is 7.90. The Morgan fingerprint density at radius 3 is 1.85 bits per heavy atom. The number of aryl methyl sites for hydroxylation is 1. The van der Waals surface area contributed by atoms with Crippen LogP contribution in [0.25, 0.3) is 0 Å². The van der Waals surface area contributed by atoms with Crippen molar-refractivity contribution in [3.05, 3.63) is 71.2 Å². The van der Waals surface area contributed by atoms with Gasteiger partial charge in [0.25, 0.3) is 15.6 Å². The highest BCUT2D eigenvalue weighted by Gasteiger charge is 2.71. The number of sulfonamides is 1. The molecule has 0 fully saturated rings. The highest BCUT2D eigenvalue weighted by molar-refractivity contribution is 7.89. The maximum absolute atomic E-state index is 16.5. The summed E-state index contributed by atoms with van der Waals surface area (Å²) in [5.41, 5.74) is -3.12. The van der Waals surface area contributed by atoms with Crippen molar-refractivity contribution in [1.29, 1.82) is 0 Å². The molecule has 0 radical (unpaired) electrons. The molecule has 1 heterocycles. The fourth-order valence-electron chi connectivity index (χ4n) is 4.40. The van der Waals surface area contributed by atoms with Crippen molar-refractivity contribution in [2.45, 2.75) is 44.0 Å². The predicted molar refractivity (Wildman–Crippen MR) is 137 cm³/mol. The lowest BCUT2D eigenvalue weighted by molar-refractivity contribution is -0.170. The summed E-state index contributed by atoms with van der Waals surface area (Å²) in [4.78, 5) is 40.4. The van der Waals surface area contributed by atoms with Crippen LogP contribution in [-0.4, -0.2) is 63.1 Å². The Balaban J connectivity index is 2.50. The van der Waals surface area contributed by atoms with Crippen molar-refractivity contribution in [3.8, 4) is 5.75 Å². The molecule has 0 amide bonds. The van der Waals surface area contributed by atoms with E-state index in [1.165, 1.54) is 76.4 Å². The van der Waals surface area contributed by atoms with Crippen molar-refractivity contribution < 1.29 is 46.1 Å². The Morgan fingerprint density at radius 2 is 1.38 bits per heavy atom. The Hall–Kier alpha value is -3.93. The number of esters is 3. The van der Waals surface area contributed by atoms with Crippen LogP contribution in [0.1, 0.15) is 37.8 Å². The number of ether oxygens (including phenoxy) is 4. The molecule has 2 aromatic carbocycles. The Labute approximate surface area is 226 Å². The summed E-state index contributed by atoms with van der Waals surface area (Å²) in [5.74, 6) is -7.21. The van der Waals surface area contributed by atoms with Gasteiger partial charge in [-0.15, -0.1) is 0 Å². The van der Waals surface area contributed by atoms with E-state index in [1.807, 2.05) is 0 Å². The van der Waals surface area contributed by atoms with Gasteiger partial charge in [0.15, 0.2) is 0 Å². The quantitative estimate of drug-likeness (QED) is 0.185. The van der Waals surface area contributed by atoms with Crippen molar-refractivity contribution in [2.24, 2.45) is 0 Å². The lowest BCUT2D eigenvalue weighted by Crippen LogP contribution is -2.63. The summed E-state index contributed by atoms with van der Waals surface area (Å²) in [7, 11) is -3.60. The molecule has 0 spiro atoms. The van der Waals surface area contributed by atoms with Gasteiger partial charge in [-0.3, -0.25) is 0 Å². The Morgan fingerprint density at radius 1 is 0.872 bits per heavy atom. The van der Waals surface area contributed by atoms with E-state index < -0.39 is 55.8 Å². The summed E-state index contributed by atoms with van der Waals surface area (Å²) in [6.45, 7) is 5.28. The summed E-state index contributed by atoms with van der Waals surface area (Å²) in [5, 5.41) is 0. The second kappa shape index (κ2) is 11.9. The van der Waals surface area contributed by atoms with Crippen LogP contribution in [0.5, 0.6) is 5.75 Å². The number of methoxy groups -OCH3 is 1. The third-order valence-electron chi connectivity index (χ3n) is 6.10. The predicted octanol–water partition coefficient (Wildman–Crippen LogP) is 3.40. The number of benzene rings is 2. The lowest BCUT2D eigenvalue weighted by Gasteiger charge is -2.38. The molecule has 0 saturated carbocycles. The topological polar surface area (TPSA) is 126 Å². The van der Waals surface area contributed by atoms with Gasteiger partial charge in [0.2, 0.25) is 5.95 Å². The van der Waals surface area contributed by atoms with E-state index in [-0.39, 0.29) is 29.7 Å².